The lowest BCUT2D eigenvalue weighted by Gasteiger charge is -2.14. The number of hydrogen-bond donors (Lipinski definition) is 2. The van der Waals surface area contributed by atoms with Crippen LogP contribution in [-0.2, 0) is 6.54 Å². The van der Waals surface area contributed by atoms with Crippen molar-refractivity contribution in [3.63, 3.8) is 0 Å². The highest BCUT2D eigenvalue weighted by Gasteiger charge is 2.18. The molecule has 0 bridgehead atoms. The largest absolute Gasteiger partial charge is 0.321 e. The second kappa shape index (κ2) is 8.28. The molecule has 6 nitrogen and oxygen atoms in total. The Morgan fingerprint density at radius 1 is 1.13 bits per heavy atom. The summed E-state index contributed by atoms with van der Waals surface area (Å²) >= 11 is 0. The third kappa shape index (κ3) is 4.04. The van der Waals surface area contributed by atoms with Gasteiger partial charge in [-0.2, -0.15) is 5.10 Å². The van der Waals surface area contributed by atoms with Gasteiger partial charge in [-0.3, -0.25) is 19.8 Å². The summed E-state index contributed by atoms with van der Waals surface area (Å²) in [5.41, 5.74) is 3.63. The average Bonchev–Trinajstić information content (AvgIpc) is 3.44. The van der Waals surface area contributed by atoms with E-state index < -0.39 is 5.82 Å². The van der Waals surface area contributed by atoms with Crippen LogP contribution < -0.4 is 5.32 Å². The SMILES string of the molecule is O=C(Nc1ccc(CN2CCCC2)cc1)c1n[nH]c2cc(F)c(-c3cccnc3)cc12. The van der Waals surface area contributed by atoms with Gasteiger partial charge in [-0.15, -0.1) is 0 Å². The van der Waals surface area contributed by atoms with Gasteiger partial charge in [-0.05, 0) is 55.8 Å². The number of pyridine rings is 1. The van der Waals surface area contributed by atoms with E-state index >= 15 is 0 Å². The van der Waals surface area contributed by atoms with Crippen LogP contribution in [0.3, 0.4) is 0 Å². The zero-order valence-electron chi connectivity index (χ0n) is 16.9. The Bertz CT molecular complexity index is 1210. The number of H-pyrrole nitrogens is 1. The molecule has 156 valence electrons. The van der Waals surface area contributed by atoms with Gasteiger partial charge in [0.1, 0.15) is 5.82 Å². The van der Waals surface area contributed by atoms with Gasteiger partial charge in [-0.1, -0.05) is 18.2 Å². The zero-order valence-corrected chi connectivity index (χ0v) is 16.9. The van der Waals surface area contributed by atoms with Gasteiger partial charge in [0.15, 0.2) is 5.69 Å². The number of carbonyl (C=O) groups is 1. The predicted octanol–water partition coefficient (Wildman–Crippen LogP) is 4.61. The summed E-state index contributed by atoms with van der Waals surface area (Å²) in [4.78, 5) is 19.4. The molecule has 1 fully saturated rings. The van der Waals surface area contributed by atoms with E-state index in [9.17, 15) is 9.18 Å². The maximum atomic E-state index is 14.6. The highest BCUT2D eigenvalue weighted by atomic mass is 19.1. The van der Waals surface area contributed by atoms with Crippen molar-refractivity contribution >= 4 is 22.5 Å². The topological polar surface area (TPSA) is 73.9 Å². The number of nitrogens with one attached hydrogen (secondary N) is 2. The van der Waals surface area contributed by atoms with E-state index in [2.05, 4.69) is 25.4 Å². The predicted molar refractivity (Wildman–Crippen MR) is 118 cm³/mol. The zero-order chi connectivity index (χ0) is 21.2. The number of halogens is 1. The first-order valence-electron chi connectivity index (χ1n) is 10.4. The van der Waals surface area contributed by atoms with E-state index in [-0.39, 0.29) is 11.6 Å². The molecule has 4 aromatic rings. The van der Waals surface area contributed by atoms with Gasteiger partial charge in [0, 0.05) is 47.2 Å². The smallest absolute Gasteiger partial charge is 0.276 e. The van der Waals surface area contributed by atoms with Crippen molar-refractivity contribution in [2.75, 3.05) is 18.4 Å². The molecular weight excluding hydrogens is 393 g/mol. The number of fused-ring (bicyclic) bond motifs is 1. The number of amides is 1. The van der Waals surface area contributed by atoms with Crippen molar-refractivity contribution in [1.82, 2.24) is 20.1 Å². The van der Waals surface area contributed by atoms with Crippen molar-refractivity contribution in [3.05, 3.63) is 78.0 Å². The number of anilines is 1. The molecule has 0 radical (unpaired) electrons. The quantitative estimate of drug-likeness (QED) is 0.499. The van der Waals surface area contributed by atoms with Gasteiger partial charge in [-0.25, -0.2) is 4.39 Å². The van der Waals surface area contributed by atoms with E-state index in [0.29, 0.717) is 27.7 Å². The molecule has 0 spiro atoms. The standard InChI is InChI=1S/C24H22FN5O/c25-21-13-22-20(12-19(21)17-4-3-9-26-14-17)23(29-28-22)24(31)27-18-7-5-16(6-8-18)15-30-10-1-2-11-30/h3-9,12-14H,1-2,10-11,15H2,(H,27,31)(H,28,29). The lowest BCUT2D eigenvalue weighted by molar-refractivity contribution is 0.102. The Kier molecular flexibility index (Phi) is 5.18. The molecule has 2 aromatic carbocycles. The molecule has 7 heteroatoms. The van der Waals surface area contributed by atoms with Crippen LogP contribution in [0, 0.1) is 5.82 Å². The van der Waals surface area contributed by atoms with Gasteiger partial charge in [0.05, 0.1) is 5.52 Å². The Morgan fingerprint density at radius 3 is 2.68 bits per heavy atom. The van der Waals surface area contributed by atoms with Gasteiger partial charge >= 0.3 is 0 Å². The first kappa shape index (κ1) is 19.4. The van der Waals surface area contributed by atoms with Crippen LogP contribution in [0.2, 0.25) is 0 Å². The normalized spacial score (nSPS) is 14.2. The van der Waals surface area contributed by atoms with E-state index in [1.165, 1.54) is 24.5 Å². The van der Waals surface area contributed by atoms with Crippen LogP contribution in [-0.4, -0.2) is 39.1 Å². The van der Waals surface area contributed by atoms with E-state index in [1.54, 1.807) is 30.6 Å². The molecule has 0 aliphatic carbocycles. The Balaban J connectivity index is 1.37. The Hall–Kier alpha value is -3.58. The summed E-state index contributed by atoms with van der Waals surface area (Å²) in [5.74, 6) is -0.744. The van der Waals surface area contributed by atoms with Crippen molar-refractivity contribution in [2.24, 2.45) is 0 Å². The van der Waals surface area contributed by atoms with Crippen molar-refractivity contribution in [2.45, 2.75) is 19.4 Å². The highest BCUT2D eigenvalue weighted by molar-refractivity contribution is 6.11. The minimum atomic E-state index is -0.398. The van der Waals surface area contributed by atoms with E-state index in [0.717, 1.165) is 19.6 Å². The molecule has 0 saturated carbocycles. The van der Waals surface area contributed by atoms with Gasteiger partial charge < -0.3 is 5.32 Å². The minimum absolute atomic E-state index is 0.223. The molecule has 1 aliphatic rings. The van der Waals surface area contributed by atoms with Crippen LogP contribution in [0.5, 0.6) is 0 Å². The van der Waals surface area contributed by atoms with Crippen LogP contribution in [0.25, 0.3) is 22.0 Å². The van der Waals surface area contributed by atoms with Gasteiger partial charge in [0.25, 0.3) is 5.91 Å². The fourth-order valence-corrected chi connectivity index (χ4v) is 4.04. The van der Waals surface area contributed by atoms with Crippen molar-refractivity contribution in [3.8, 4) is 11.1 Å². The fraction of sp³-hybridized carbons (Fsp3) is 0.208. The van der Waals surface area contributed by atoms with Crippen LogP contribution in [0.4, 0.5) is 10.1 Å². The molecule has 2 aromatic heterocycles. The molecule has 1 amide bonds. The first-order chi connectivity index (χ1) is 15.2. The van der Waals surface area contributed by atoms with Crippen LogP contribution in [0.15, 0.2) is 60.9 Å². The third-order valence-electron chi connectivity index (χ3n) is 5.65. The molecule has 5 rings (SSSR count). The number of nitrogens with zero attached hydrogens (tertiary/aromatic N) is 3. The van der Waals surface area contributed by atoms with E-state index in [1.807, 2.05) is 24.3 Å². The molecule has 1 saturated heterocycles. The van der Waals surface area contributed by atoms with Crippen LogP contribution in [0.1, 0.15) is 28.9 Å². The van der Waals surface area contributed by atoms with Crippen molar-refractivity contribution in [1.29, 1.82) is 0 Å². The minimum Gasteiger partial charge on any atom is -0.321 e. The summed E-state index contributed by atoms with van der Waals surface area (Å²) < 4.78 is 14.6. The van der Waals surface area contributed by atoms with Crippen molar-refractivity contribution < 1.29 is 9.18 Å². The van der Waals surface area contributed by atoms with E-state index in [4.69, 9.17) is 0 Å². The number of benzene rings is 2. The maximum absolute atomic E-state index is 14.6. The fourth-order valence-electron chi connectivity index (χ4n) is 4.04. The molecule has 0 atom stereocenters. The monoisotopic (exact) mass is 415 g/mol. The number of hydrogen-bond acceptors (Lipinski definition) is 4. The van der Waals surface area contributed by atoms with Gasteiger partial charge in [0.2, 0.25) is 0 Å². The Labute approximate surface area is 179 Å². The molecule has 3 heterocycles. The third-order valence-corrected chi connectivity index (χ3v) is 5.65. The maximum Gasteiger partial charge on any atom is 0.276 e. The molecule has 2 N–H and O–H groups in total. The lowest BCUT2D eigenvalue weighted by Crippen LogP contribution is -2.18. The molecule has 0 unspecified atom stereocenters. The number of aromatic amines is 1. The highest BCUT2D eigenvalue weighted by Crippen LogP contribution is 2.28. The summed E-state index contributed by atoms with van der Waals surface area (Å²) in [6, 6.07) is 14.4. The number of rotatable bonds is 5. The molecule has 1 aliphatic heterocycles. The summed E-state index contributed by atoms with van der Waals surface area (Å²) in [6.45, 7) is 3.22. The summed E-state index contributed by atoms with van der Waals surface area (Å²) in [7, 11) is 0. The summed E-state index contributed by atoms with van der Waals surface area (Å²) in [5, 5.41) is 10.3. The second-order valence-electron chi connectivity index (χ2n) is 7.83. The summed E-state index contributed by atoms with van der Waals surface area (Å²) in [6.07, 6.45) is 5.75. The average molecular weight is 415 g/mol. The first-order valence-corrected chi connectivity index (χ1v) is 10.4. The lowest BCUT2D eigenvalue weighted by atomic mass is 10.0. The number of carbonyl (C=O) groups excluding carboxylic acids is 1. The second-order valence-corrected chi connectivity index (χ2v) is 7.83. The van der Waals surface area contributed by atoms with Crippen LogP contribution >= 0.6 is 0 Å². The molecular formula is C24H22FN5O. The number of likely N-dealkylation sites (tertiary alicyclic amines) is 1. The Morgan fingerprint density at radius 2 is 1.94 bits per heavy atom. The molecule has 31 heavy (non-hydrogen) atoms. The number of aromatic nitrogens is 3.